The number of halogens is 1. The predicted molar refractivity (Wildman–Crippen MR) is 86.3 cm³/mol. The van der Waals surface area contributed by atoms with Crippen LogP contribution < -0.4 is 10.6 Å². The molecule has 0 bridgehead atoms. The standard InChI is InChI=1S/C16H15ClN2O3/c1-9-3-6-13(14(20)7-9)19-16(22)15(21)18-11-5-4-10(2)12(17)8-11/h3-8,20H,1-2H3,(H,18,21)(H,19,22). The van der Waals surface area contributed by atoms with Crippen molar-refractivity contribution >= 4 is 34.8 Å². The second-order valence-corrected chi connectivity index (χ2v) is 5.30. The van der Waals surface area contributed by atoms with Crippen LogP contribution in [0.1, 0.15) is 11.1 Å². The normalized spacial score (nSPS) is 10.1. The fraction of sp³-hybridized carbons (Fsp3) is 0.125. The summed E-state index contributed by atoms with van der Waals surface area (Å²) in [7, 11) is 0. The van der Waals surface area contributed by atoms with Gasteiger partial charge in [0.05, 0.1) is 5.69 Å². The Bertz CT molecular complexity index is 744. The Morgan fingerprint density at radius 1 is 1.00 bits per heavy atom. The van der Waals surface area contributed by atoms with E-state index < -0.39 is 11.8 Å². The minimum Gasteiger partial charge on any atom is -0.506 e. The van der Waals surface area contributed by atoms with E-state index in [4.69, 9.17) is 11.6 Å². The summed E-state index contributed by atoms with van der Waals surface area (Å²) < 4.78 is 0. The van der Waals surface area contributed by atoms with E-state index in [2.05, 4.69) is 10.6 Å². The number of amides is 2. The van der Waals surface area contributed by atoms with Gasteiger partial charge in [0, 0.05) is 10.7 Å². The molecule has 22 heavy (non-hydrogen) atoms. The fourth-order valence-corrected chi connectivity index (χ4v) is 1.97. The van der Waals surface area contributed by atoms with E-state index in [1.807, 2.05) is 6.92 Å². The molecule has 2 amide bonds. The molecule has 0 saturated heterocycles. The smallest absolute Gasteiger partial charge is 0.314 e. The van der Waals surface area contributed by atoms with Crippen molar-refractivity contribution in [3.8, 4) is 5.75 Å². The first kappa shape index (κ1) is 15.9. The van der Waals surface area contributed by atoms with Crippen molar-refractivity contribution in [2.75, 3.05) is 10.6 Å². The van der Waals surface area contributed by atoms with Crippen LogP contribution in [-0.2, 0) is 9.59 Å². The van der Waals surface area contributed by atoms with E-state index in [0.29, 0.717) is 10.7 Å². The van der Waals surface area contributed by atoms with Gasteiger partial charge in [-0.05, 0) is 49.2 Å². The fourth-order valence-electron chi connectivity index (χ4n) is 1.78. The number of benzene rings is 2. The number of nitrogens with one attached hydrogen (secondary N) is 2. The molecule has 0 saturated carbocycles. The number of phenolic OH excluding ortho intramolecular Hbond substituents is 1. The highest BCUT2D eigenvalue weighted by Gasteiger charge is 2.16. The van der Waals surface area contributed by atoms with Gasteiger partial charge in [0.2, 0.25) is 0 Å². The first-order chi connectivity index (χ1) is 10.4. The molecule has 0 unspecified atom stereocenters. The summed E-state index contributed by atoms with van der Waals surface area (Å²) in [5.41, 5.74) is 2.31. The summed E-state index contributed by atoms with van der Waals surface area (Å²) in [6, 6.07) is 9.68. The number of anilines is 2. The van der Waals surface area contributed by atoms with Gasteiger partial charge in [-0.2, -0.15) is 0 Å². The third kappa shape index (κ3) is 3.77. The lowest BCUT2D eigenvalue weighted by Gasteiger charge is -2.09. The molecule has 2 aromatic rings. The summed E-state index contributed by atoms with van der Waals surface area (Å²) in [6.07, 6.45) is 0. The molecule has 0 radical (unpaired) electrons. The lowest BCUT2D eigenvalue weighted by atomic mass is 10.2. The Balaban J connectivity index is 2.05. The maximum absolute atomic E-state index is 11.8. The number of aryl methyl sites for hydroxylation is 2. The Kier molecular flexibility index (Phi) is 4.68. The van der Waals surface area contributed by atoms with Crippen LogP contribution in [-0.4, -0.2) is 16.9 Å². The van der Waals surface area contributed by atoms with Crippen molar-refractivity contribution in [3.05, 3.63) is 52.5 Å². The van der Waals surface area contributed by atoms with Crippen molar-refractivity contribution in [1.82, 2.24) is 0 Å². The largest absolute Gasteiger partial charge is 0.506 e. The lowest BCUT2D eigenvalue weighted by Crippen LogP contribution is -2.29. The van der Waals surface area contributed by atoms with Crippen LogP contribution in [0.15, 0.2) is 36.4 Å². The molecule has 2 rings (SSSR count). The molecule has 5 nitrogen and oxygen atoms in total. The van der Waals surface area contributed by atoms with Crippen molar-refractivity contribution < 1.29 is 14.7 Å². The molecular weight excluding hydrogens is 304 g/mol. The van der Waals surface area contributed by atoms with E-state index in [-0.39, 0.29) is 11.4 Å². The number of carbonyl (C=O) groups is 2. The lowest BCUT2D eigenvalue weighted by molar-refractivity contribution is -0.133. The average Bonchev–Trinajstić information content (AvgIpc) is 2.45. The summed E-state index contributed by atoms with van der Waals surface area (Å²) in [4.78, 5) is 23.7. The summed E-state index contributed by atoms with van der Waals surface area (Å²) in [5, 5.41) is 15.0. The first-order valence-corrected chi connectivity index (χ1v) is 6.92. The second-order valence-electron chi connectivity index (χ2n) is 4.89. The van der Waals surface area contributed by atoms with Crippen molar-refractivity contribution in [3.63, 3.8) is 0 Å². The number of carbonyl (C=O) groups excluding carboxylic acids is 2. The van der Waals surface area contributed by atoms with Crippen molar-refractivity contribution in [2.45, 2.75) is 13.8 Å². The molecule has 0 aliphatic carbocycles. The maximum Gasteiger partial charge on any atom is 0.314 e. The Morgan fingerprint density at radius 3 is 2.32 bits per heavy atom. The van der Waals surface area contributed by atoms with Crippen LogP contribution in [0, 0.1) is 13.8 Å². The Morgan fingerprint density at radius 2 is 1.68 bits per heavy atom. The van der Waals surface area contributed by atoms with Crippen LogP contribution in [0.5, 0.6) is 5.75 Å². The highest BCUT2D eigenvalue weighted by molar-refractivity contribution is 6.44. The van der Waals surface area contributed by atoms with E-state index in [1.54, 1.807) is 31.2 Å². The van der Waals surface area contributed by atoms with Crippen LogP contribution >= 0.6 is 11.6 Å². The molecule has 0 aliphatic rings. The van der Waals surface area contributed by atoms with Gasteiger partial charge in [0.1, 0.15) is 5.75 Å². The van der Waals surface area contributed by atoms with Gasteiger partial charge in [-0.25, -0.2) is 0 Å². The van der Waals surface area contributed by atoms with Gasteiger partial charge in [0.25, 0.3) is 0 Å². The molecule has 0 fully saturated rings. The number of hydrogen-bond acceptors (Lipinski definition) is 3. The van der Waals surface area contributed by atoms with E-state index >= 15 is 0 Å². The van der Waals surface area contributed by atoms with E-state index in [0.717, 1.165) is 11.1 Å². The topological polar surface area (TPSA) is 78.4 Å². The SMILES string of the molecule is Cc1ccc(NC(=O)C(=O)Nc2ccc(C)c(Cl)c2)c(O)c1. The van der Waals surface area contributed by atoms with Crippen LogP contribution in [0.25, 0.3) is 0 Å². The zero-order valence-corrected chi connectivity index (χ0v) is 12.9. The molecule has 0 aromatic heterocycles. The maximum atomic E-state index is 11.8. The molecule has 114 valence electrons. The van der Waals surface area contributed by atoms with Crippen LogP contribution in [0.3, 0.4) is 0 Å². The minimum absolute atomic E-state index is 0.0977. The van der Waals surface area contributed by atoms with Gasteiger partial charge in [-0.1, -0.05) is 23.7 Å². The van der Waals surface area contributed by atoms with Crippen molar-refractivity contribution in [1.29, 1.82) is 0 Å². The number of aromatic hydroxyl groups is 1. The first-order valence-electron chi connectivity index (χ1n) is 6.55. The zero-order chi connectivity index (χ0) is 16.3. The van der Waals surface area contributed by atoms with Crippen molar-refractivity contribution in [2.24, 2.45) is 0 Å². The Hall–Kier alpha value is -2.53. The highest BCUT2D eigenvalue weighted by Crippen LogP contribution is 2.24. The molecule has 2 aromatic carbocycles. The molecule has 0 atom stereocenters. The molecule has 0 heterocycles. The Labute approximate surface area is 132 Å². The third-order valence-electron chi connectivity index (χ3n) is 3.04. The molecular formula is C16H15ClN2O3. The van der Waals surface area contributed by atoms with E-state index in [9.17, 15) is 14.7 Å². The molecule has 3 N–H and O–H groups in total. The number of rotatable bonds is 2. The van der Waals surface area contributed by atoms with Gasteiger partial charge >= 0.3 is 11.8 Å². The summed E-state index contributed by atoms with van der Waals surface area (Å²) in [5.74, 6) is -1.82. The molecule has 0 aliphatic heterocycles. The molecule has 6 heteroatoms. The van der Waals surface area contributed by atoms with Gasteiger partial charge in [-0.15, -0.1) is 0 Å². The number of hydrogen-bond donors (Lipinski definition) is 3. The molecule has 0 spiro atoms. The number of phenols is 1. The van der Waals surface area contributed by atoms with Crippen LogP contribution in [0.4, 0.5) is 11.4 Å². The van der Waals surface area contributed by atoms with Gasteiger partial charge < -0.3 is 15.7 Å². The average molecular weight is 319 g/mol. The minimum atomic E-state index is -0.879. The highest BCUT2D eigenvalue weighted by atomic mass is 35.5. The van der Waals surface area contributed by atoms with Gasteiger partial charge in [-0.3, -0.25) is 9.59 Å². The monoisotopic (exact) mass is 318 g/mol. The van der Waals surface area contributed by atoms with E-state index in [1.165, 1.54) is 12.1 Å². The predicted octanol–water partition coefficient (Wildman–Crippen LogP) is 3.24. The second kappa shape index (κ2) is 6.49. The summed E-state index contributed by atoms with van der Waals surface area (Å²) >= 11 is 5.96. The third-order valence-corrected chi connectivity index (χ3v) is 3.44. The van der Waals surface area contributed by atoms with Crippen LogP contribution in [0.2, 0.25) is 5.02 Å². The zero-order valence-electron chi connectivity index (χ0n) is 12.1. The quantitative estimate of drug-likeness (QED) is 0.587. The summed E-state index contributed by atoms with van der Waals surface area (Å²) in [6.45, 7) is 3.64. The van der Waals surface area contributed by atoms with Gasteiger partial charge in [0.15, 0.2) is 0 Å².